The summed E-state index contributed by atoms with van der Waals surface area (Å²) in [5.74, 6) is 1.02. The van der Waals surface area contributed by atoms with E-state index in [4.69, 9.17) is 0 Å². The molecule has 1 aliphatic carbocycles. The van der Waals surface area contributed by atoms with Crippen molar-refractivity contribution in [2.75, 3.05) is 0 Å². The molecule has 0 radical (unpaired) electrons. The van der Waals surface area contributed by atoms with E-state index in [1.165, 1.54) is 30.6 Å². The third-order valence-corrected chi connectivity index (χ3v) is 4.76. The number of rotatable bonds is 3. The molecule has 1 aromatic rings. The molecule has 0 N–H and O–H groups in total. The lowest BCUT2D eigenvalue weighted by Gasteiger charge is -2.26. The molecule has 2 heteroatoms. The maximum Gasteiger partial charge on any atom is 0.159 e. The van der Waals surface area contributed by atoms with E-state index in [1.807, 2.05) is 23.9 Å². The van der Waals surface area contributed by atoms with Crippen molar-refractivity contribution in [1.82, 2.24) is 0 Å². The van der Waals surface area contributed by atoms with E-state index in [2.05, 4.69) is 19.1 Å². The number of carbonyl (C=O) groups excluding carboxylic acids is 1. The molecule has 0 aromatic heterocycles. The van der Waals surface area contributed by atoms with Gasteiger partial charge in [0.05, 0.1) is 0 Å². The number of ketones is 1. The highest BCUT2D eigenvalue weighted by Crippen LogP contribution is 2.36. The highest BCUT2D eigenvalue weighted by atomic mass is 32.2. The Kier molecular flexibility index (Phi) is 4.27. The molecule has 17 heavy (non-hydrogen) atoms. The van der Waals surface area contributed by atoms with Crippen LogP contribution in [0.5, 0.6) is 0 Å². The van der Waals surface area contributed by atoms with Crippen molar-refractivity contribution in [3.8, 4) is 0 Å². The van der Waals surface area contributed by atoms with Gasteiger partial charge in [0.2, 0.25) is 0 Å². The Bertz CT molecular complexity index is 382. The van der Waals surface area contributed by atoms with Crippen LogP contribution in [0.3, 0.4) is 0 Å². The molecule has 1 nitrogen and oxygen atoms in total. The highest BCUT2D eigenvalue weighted by molar-refractivity contribution is 8.00. The summed E-state index contributed by atoms with van der Waals surface area (Å²) in [6.07, 6.45) is 5.42. The second-order valence-electron chi connectivity index (χ2n) is 5.09. The van der Waals surface area contributed by atoms with Crippen LogP contribution in [0.4, 0.5) is 0 Å². The lowest BCUT2D eigenvalue weighted by atomic mass is 9.91. The molecule has 2 atom stereocenters. The van der Waals surface area contributed by atoms with E-state index in [1.54, 1.807) is 6.92 Å². The first kappa shape index (κ1) is 12.7. The fourth-order valence-corrected chi connectivity index (χ4v) is 3.83. The molecular weight excluding hydrogens is 228 g/mol. The smallest absolute Gasteiger partial charge is 0.159 e. The van der Waals surface area contributed by atoms with Gasteiger partial charge in [-0.05, 0) is 37.8 Å². The summed E-state index contributed by atoms with van der Waals surface area (Å²) in [5, 5.41) is 0.766. The predicted molar refractivity (Wildman–Crippen MR) is 73.7 cm³/mol. The molecule has 1 aliphatic rings. The summed E-state index contributed by atoms with van der Waals surface area (Å²) < 4.78 is 0. The van der Waals surface area contributed by atoms with Crippen molar-refractivity contribution in [3.05, 3.63) is 29.8 Å². The van der Waals surface area contributed by atoms with Crippen LogP contribution in [0.2, 0.25) is 0 Å². The zero-order valence-corrected chi connectivity index (χ0v) is 11.4. The minimum atomic E-state index is 0.146. The van der Waals surface area contributed by atoms with Crippen LogP contribution in [-0.2, 0) is 0 Å². The van der Waals surface area contributed by atoms with Gasteiger partial charge in [-0.1, -0.05) is 31.9 Å². The molecule has 0 saturated heterocycles. The molecule has 0 spiro atoms. The number of benzene rings is 1. The van der Waals surface area contributed by atoms with Gasteiger partial charge in [0.15, 0.2) is 5.78 Å². The van der Waals surface area contributed by atoms with Gasteiger partial charge in [-0.3, -0.25) is 4.79 Å². The topological polar surface area (TPSA) is 17.1 Å². The average molecular weight is 248 g/mol. The van der Waals surface area contributed by atoms with Crippen molar-refractivity contribution in [1.29, 1.82) is 0 Å². The van der Waals surface area contributed by atoms with E-state index in [9.17, 15) is 4.79 Å². The second-order valence-corrected chi connectivity index (χ2v) is 6.47. The van der Waals surface area contributed by atoms with Crippen molar-refractivity contribution in [3.63, 3.8) is 0 Å². The molecule has 2 rings (SSSR count). The molecule has 0 aliphatic heterocycles. The zero-order chi connectivity index (χ0) is 12.3. The van der Waals surface area contributed by atoms with E-state index in [-0.39, 0.29) is 5.78 Å². The van der Waals surface area contributed by atoms with Crippen LogP contribution in [-0.4, -0.2) is 11.0 Å². The summed E-state index contributed by atoms with van der Waals surface area (Å²) in [4.78, 5) is 12.5. The van der Waals surface area contributed by atoms with Crippen LogP contribution >= 0.6 is 11.8 Å². The minimum absolute atomic E-state index is 0.146. The molecule has 1 saturated carbocycles. The second kappa shape index (κ2) is 5.72. The van der Waals surface area contributed by atoms with Gasteiger partial charge in [0.1, 0.15) is 0 Å². The van der Waals surface area contributed by atoms with Gasteiger partial charge in [0, 0.05) is 15.7 Å². The lowest BCUT2D eigenvalue weighted by molar-refractivity contribution is 0.101. The Balaban J connectivity index is 1.96. The normalized spacial score (nSPS) is 24.6. The van der Waals surface area contributed by atoms with Crippen LogP contribution in [0, 0.1) is 5.92 Å². The summed E-state index contributed by atoms with van der Waals surface area (Å²) in [6.45, 7) is 3.97. The first-order chi connectivity index (χ1) is 8.15. The Hall–Kier alpha value is -0.760. The fraction of sp³-hybridized carbons (Fsp3) is 0.533. The molecule has 1 aromatic carbocycles. The molecular formula is C15H20OS. The van der Waals surface area contributed by atoms with Gasteiger partial charge < -0.3 is 0 Å². The molecule has 0 amide bonds. The Morgan fingerprint density at radius 2 is 1.94 bits per heavy atom. The predicted octanol–water partition coefficient (Wildman–Crippen LogP) is 4.56. The maximum absolute atomic E-state index is 11.2. The van der Waals surface area contributed by atoms with Crippen LogP contribution in [0.15, 0.2) is 29.2 Å². The van der Waals surface area contributed by atoms with Gasteiger partial charge in [-0.2, -0.15) is 0 Å². The minimum Gasteiger partial charge on any atom is -0.295 e. The fourth-order valence-electron chi connectivity index (χ4n) is 2.45. The number of carbonyl (C=O) groups is 1. The number of thioether (sulfide) groups is 1. The molecule has 92 valence electrons. The van der Waals surface area contributed by atoms with Crippen LogP contribution < -0.4 is 0 Å². The maximum atomic E-state index is 11.2. The monoisotopic (exact) mass is 248 g/mol. The van der Waals surface area contributed by atoms with Crippen LogP contribution in [0.25, 0.3) is 0 Å². The summed E-state index contributed by atoms with van der Waals surface area (Å²) in [5.41, 5.74) is 0.811. The lowest BCUT2D eigenvalue weighted by Crippen LogP contribution is -2.14. The molecule has 2 unspecified atom stereocenters. The van der Waals surface area contributed by atoms with E-state index in [0.29, 0.717) is 0 Å². The number of hydrogen-bond donors (Lipinski definition) is 0. The number of hydrogen-bond acceptors (Lipinski definition) is 2. The third kappa shape index (κ3) is 3.60. The summed E-state index contributed by atoms with van der Waals surface area (Å²) >= 11 is 1.98. The summed E-state index contributed by atoms with van der Waals surface area (Å²) in [7, 11) is 0. The highest BCUT2D eigenvalue weighted by Gasteiger charge is 2.19. The van der Waals surface area contributed by atoms with E-state index >= 15 is 0 Å². The van der Waals surface area contributed by atoms with Crippen LogP contribution in [0.1, 0.15) is 49.9 Å². The number of Topliss-reactive ketones (excluding diaryl/α,β-unsaturated/α-hetero) is 1. The quantitative estimate of drug-likeness (QED) is 0.729. The van der Waals surface area contributed by atoms with Gasteiger partial charge >= 0.3 is 0 Å². The van der Waals surface area contributed by atoms with E-state index in [0.717, 1.165) is 16.7 Å². The van der Waals surface area contributed by atoms with Gasteiger partial charge in [-0.15, -0.1) is 11.8 Å². The largest absolute Gasteiger partial charge is 0.295 e. The Morgan fingerprint density at radius 3 is 2.53 bits per heavy atom. The average Bonchev–Trinajstić information content (AvgIpc) is 2.29. The van der Waals surface area contributed by atoms with Crippen molar-refractivity contribution < 1.29 is 4.79 Å². The standard InChI is InChI=1S/C15H20OS/c1-11-4-3-5-15(10-11)17-14-8-6-13(7-9-14)12(2)16/h6-9,11,15H,3-5,10H2,1-2H3. The summed E-state index contributed by atoms with van der Waals surface area (Å²) in [6, 6.07) is 8.05. The van der Waals surface area contributed by atoms with Gasteiger partial charge in [-0.25, -0.2) is 0 Å². The Morgan fingerprint density at radius 1 is 1.24 bits per heavy atom. The van der Waals surface area contributed by atoms with Crippen molar-refractivity contribution in [2.24, 2.45) is 5.92 Å². The molecule has 0 bridgehead atoms. The Labute approximate surface area is 108 Å². The first-order valence-corrected chi connectivity index (χ1v) is 7.31. The van der Waals surface area contributed by atoms with Crippen molar-refractivity contribution >= 4 is 17.5 Å². The van der Waals surface area contributed by atoms with Crippen molar-refractivity contribution in [2.45, 2.75) is 49.7 Å². The van der Waals surface area contributed by atoms with E-state index < -0.39 is 0 Å². The third-order valence-electron chi connectivity index (χ3n) is 3.45. The molecule has 0 heterocycles. The zero-order valence-electron chi connectivity index (χ0n) is 10.6. The SMILES string of the molecule is CC(=O)c1ccc(SC2CCCC(C)C2)cc1. The first-order valence-electron chi connectivity index (χ1n) is 6.43. The van der Waals surface area contributed by atoms with Gasteiger partial charge in [0.25, 0.3) is 0 Å². The molecule has 1 fully saturated rings.